The first kappa shape index (κ1) is 20.6. The van der Waals surface area contributed by atoms with Crippen molar-refractivity contribution >= 4 is 46.5 Å². The van der Waals surface area contributed by atoms with Crippen molar-refractivity contribution in [3.05, 3.63) is 56.6 Å². The number of nitrogens with one attached hydrogen (secondary N) is 2. The van der Waals surface area contributed by atoms with Crippen molar-refractivity contribution in [2.24, 2.45) is 4.99 Å². The van der Waals surface area contributed by atoms with E-state index >= 15 is 0 Å². The highest BCUT2D eigenvalue weighted by atomic mass is 35.5. The molecule has 10 heteroatoms. The highest BCUT2D eigenvalue weighted by molar-refractivity contribution is 6.46. The van der Waals surface area contributed by atoms with Gasteiger partial charge in [-0.2, -0.15) is 0 Å². The van der Waals surface area contributed by atoms with Crippen LogP contribution < -0.4 is 10.6 Å². The van der Waals surface area contributed by atoms with Gasteiger partial charge in [0.15, 0.2) is 5.84 Å². The summed E-state index contributed by atoms with van der Waals surface area (Å²) in [6, 6.07) is 5.79. The zero-order chi connectivity index (χ0) is 21.6. The molecular weight excluding hydrogens is 439 g/mol. The summed E-state index contributed by atoms with van der Waals surface area (Å²) < 4.78 is 28.2. The van der Waals surface area contributed by atoms with Crippen LogP contribution in [0.1, 0.15) is 28.7 Å². The average molecular weight is 454 g/mol. The summed E-state index contributed by atoms with van der Waals surface area (Å²) >= 11 is 12.7. The zero-order valence-electron chi connectivity index (χ0n) is 15.4. The molecule has 0 aromatic heterocycles. The maximum atomic E-state index is 14.1. The lowest BCUT2D eigenvalue weighted by Crippen LogP contribution is -2.34. The smallest absolute Gasteiger partial charge is 0.291 e. The average Bonchev–Trinajstić information content (AvgIpc) is 3.23. The molecule has 2 aromatic rings. The summed E-state index contributed by atoms with van der Waals surface area (Å²) in [5, 5.41) is 15.2. The van der Waals surface area contributed by atoms with Crippen LogP contribution in [-0.4, -0.2) is 29.3 Å². The minimum absolute atomic E-state index is 0.100. The highest BCUT2D eigenvalue weighted by Crippen LogP contribution is 2.48. The largest absolute Gasteiger partial charge is 0.507 e. The molecule has 0 saturated heterocycles. The summed E-state index contributed by atoms with van der Waals surface area (Å²) in [5.74, 6) is -4.58. The van der Waals surface area contributed by atoms with Crippen molar-refractivity contribution in [3.8, 4) is 5.75 Å². The van der Waals surface area contributed by atoms with Gasteiger partial charge in [0, 0.05) is 28.6 Å². The van der Waals surface area contributed by atoms with Gasteiger partial charge >= 0.3 is 0 Å². The third-order valence-electron chi connectivity index (χ3n) is 5.06. The molecule has 156 valence electrons. The fourth-order valence-corrected chi connectivity index (χ4v) is 4.28. The molecule has 30 heavy (non-hydrogen) atoms. The van der Waals surface area contributed by atoms with Crippen molar-refractivity contribution in [1.29, 1.82) is 0 Å². The maximum Gasteiger partial charge on any atom is 0.291 e. The van der Waals surface area contributed by atoms with Gasteiger partial charge in [0.25, 0.3) is 11.8 Å². The van der Waals surface area contributed by atoms with Crippen molar-refractivity contribution in [1.82, 2.24) is 5.32 Å². The summed E-state index contributed by atoms with van der Waals surface area (Å²) in [7, 11) is 0. The third-order valence-corrected chi connectivity index (χ3v) is 5.74. The summed E-state index contributed by atoms with van der Waals surface area (Å²) in [5.41, 5.74) is 1.47. The molecular formula is C20H15Cl2F2N3O3. The molecule has 0 bridgehead atoms. The van der Waals surface area contributed by atoms with Crippen LogP contribution in [0.2, 0.25) is 10.0 Å². The quantitative estimate of drug-likeness (QED) is 0.657. The van der Waals surface area contributed by atoms with Crippen LogP contribution in [0.15, 0.2) is 29.3 Å². The summed E-state index contributed by atoms with van der Waals surface area (Å²) in [6.07, 6.45) is -0.0314. The van der Waals surface area contributed by atoms with Crippen LogP contribution in [0, 0.1) is 0 Å². The molecule has 0 atom stereocenters. The number of aromatic hydroxyl groups is 1. The van der Waals surface area contributed by atoms with E-state index in [2.05, 4.69) is 15.6 Å². The number of phenols is 1. The number of hydrogen-bond donors (Lipinski definition) is 3. The van der Waals surface area contributed by atoms with E-state index in [0.717, 1.165) is 0 Å². The second-order valence-electron chi connectivity index (χ2n) is 7.06. The molecule has 2 aromatic carbocycles. The molecule has 0 spiro atoms. The Kier molecular flexibility index (Phi) is 5.15. The minimum atomic E-state index is -3.07. The van der Waals surface area contributed by atoms with Gasteiger partial charge < -0.3 is 15.7 Å². The van der Waals surface area contributed by atoms with E-state index in [1.165, 1.54) is 18.2 Å². The van der Waals surface area contributed by atoms with Crippen LogP contribution in [0.5, 0.6) is 5.75 Å². The van der Waals surface area contributed by atoms with Crippen molar-refractivity contribution in [2.45, 2.75) is 25.2 Å². The molecule has 4 rings (SSSR count). The number of hydrogen-bond acceptors (Lipinski definition) is 4. The predicted molar refractivity (Wildman–Crippen MR) is 109 cm³/mol. The van der Waals surface area contributed by atoms with Crippen molar-refractivity contribution in [2.75, 3.05) is 11.9 Å². The Labute approximate surface area is 179 Å². The Balaban J connectivity index is 1.59. The molecule has 2 aliphatic rings. The number of rotatable bonds is 4. The Bertz CT molecular complexity index is 1100. The number of amides is 2. The molecule has 0 unspecified atom stereocenters. The van der Waals surface area contributed by atoms with Crippen LogP contribution in [0.4, 0.5) is 14.5 Å². The normalized spacial score (nSPS) is 16.8. The number of phenolic OH excluding ortho intramolecular Hbond substituents is 1. The first-order valence-corrected chi connectivity index (χ1v) is 9.77. The molecule has 2 amide bonds. The molecule has 3 N–H and O–H groups in total. The first-order valence-electron chi connectivity index (χ1n) is 9.01. The third kappa shape index (κ3) is 3.73. The maximum absolute atomic E-state index is 14.1. The zero-order valence-corrected chi connectivity index (χ0v) is 16.9. The fourth-order valence-electron chi connectivity index (χ4n) is 3.66. The second kappa shape index (κ2) is 7.52. The van der Waals surface area contributed by atoms with Crippen molar-refractivity contribution < 1.29 is 23.5 Å². The summed E-state index contributed by atoms with van der Waals surface area (Å²) in [4.78, 5) is 27.1. The Morgan fingerprint density at radius 1 is 1.27 bits per heavy atom. The molecule has 0 fully saturated rings. The van der Waals surface area contributed by atoms with E-state index in [1.54, 1.807) is 6.07 Å². The number of nitrogens with zero attached hydrogens (tertiary/aromatic N) is 1. The van der Waals surface area contributed by atoms with Gasteiger partial charge in [-0.15, -0.1) is 0 Å². The van der Waals surface area contributed by atoms with Gasteiger partial charge in [-0.3, -0.25) is 14.6 Å². The number of aliphatic imine (C=N–C) groups is 1. The number of carbonyl (C=O) groups is 2. The van der Waals surface area contributed by atoms with Crippen LogP contribution in [0.25, 0.3) is 0 Å². The molecule has 1 heterocycles. The Hall–Kier alpha value is -2.71. The number of amidine groups is 1. The number of anilines is 1. The number of benzene rings is 2. The van der Waals surface area contributed by atoms with E-state index in [0.29, 0.717) is 22.4 Å². The summed E-state index contributed by atoms with van der Waals surface area (Å²) in [6.45, 7) is -0.112. The van der Waals surface area contributed by atoms with Gasteiger partial charge in [0.2, 0.25) is 5.91 Å². The molecule has 1 aliphatic heterocycles. The predicted octanol–water partition coefficient (Wildman–Crippen LogP) is 3.79. The lowest BCUT2D eigenvalue weighted by atomic mass is 9.96. The van der Waals surface area contributed by atoms with Gasteiger partial charge in [-0.25, -0.2) is 8.78 Å². The van der Waals surface area contributed by atoms with E-state index in [4.69, 9.17) is 23.2 Å². The van der Waals surface area contributed by atoms with Gasteiger partial charge in [0.1, 0.15) is 12.3 Å². The SMILES string of the molecule is O=C1CN=C(C(=O)Nc2cc(Cl)c(Cc3ccc(O)c4c3CCC4(F)F)c(Cl)c2)N1. The number of halogens is 4. The van der Waals surface area contributed by atoms with E-state index in [-0.39, 0.29) is 53.2 Å². The molecule has 6 nitrogen and oxygen atoms in total. The van der Waals surface area contributed by atoms with Crippen LogP contribution in [0.3, 0.4) is 0 Å². The van der Waals surface area contributed by atoms with Gasteiger partial charge in [0.05, 0.1) is 5.56 Å². The van der Waals surface area contributed by atoms with Gasteiger partial charge in [-0.05, 0) is 41.3 Å². The van der Waals surface area contributed by atoms with Crippen LogP contribution >= 0.6 is 23.2 Å². The second-order valence-corrected chi connectivity index (χ2v) is 7.88. The monoisotopic (exact) mass is 453 g/mol. The lowest BCUT2D eigenvalue weighted by Gasteiger charge is -2.16. The topological polar surface area (TPSA) is 90.8 Å². The van der Waals surface area contributed by atoms with E-state index < -0.39 is 17.6 Å². The number of carbonyl (C=O) groups excluding carboxylic acids is 2. The molecule has 0 saturated carbocycles. The van der Waals surface area contributed by atoms with E-state index in [1.807, 2.05) is 0 Å². The van der Waals surface area contributed by atoms with Crippen molar-refractivity contribution in [3.63, 3.8) is 0 Å². The lowest BCUT2D eigenvalue weighted by molar-refractivity contribution is -0.118. The van der Waals surface area contributed by atoms with E-state index in [9.17, 15) is 23.5 Å². The Morgan fingerprint density at radius 3 is 2.60 bits per heavy atom. The number of alkyl halides is 2. The first-order chi connectivity index (χ1) is 14.2. The highest BCUT2D eigenvalue weighted by Gasteiger charge is 2.42. The fraction of sp³-hybridized carbons (Fsp3) is 0.250. The Morgan fingerprint density at radius 2 is 1.97 bits per heavy atom. The van der Waals surface area contributed by atoms with Crippen LogP contribution in [-0.2, 0) is 28.4 Å². The molecule has 1 aliphatic carbocycles. The standard InChI is InChI=1S/C20H15Cl2F2N3O3/c21-13-6-10(26-19(30)18-25-8-16(29)27-18)7-14(22)12(13)5-9-1-2-15(28)17-11(9)3-4-20(17,23)24/h1-2,6-7,28H,3-5,8H2,(H,26,30)(H,25,27,29). The number of fused-ring (bicyclic) bond motifs is 1. The molecule has 0 radical (unpaired) electrons. The minimum Gasteiger partial charge on any atom is -0.507 e. The van der Waals surface area contributed by atoms with Gasteiger partial charge in [-0.1, -0.05) is 29.3 Å².